The van der Waals surface area contributed by atoms with Gasteiger partial charge in [0, 0.05) is 36.7 Å². The van der Waals surface area contributed by atoms with E-state index >= 15 is 0 Å². The third-order valence-electron chi connectivity index (χ3n) is 6.90. The molecule has 3 aliphatic rings. The van der Waals surface area contributed by atoms with Crippen molar-refractivity contribution < 1.29 is 9.53 Å². The molecule has 3 aliphatic heterocycles. The summed E-state index contributed by atoms with van der Waals surface area (Å²) in [6, 6.07) is 6.93. The third-order valence-corrected chi connectivity index (χ3v) is 7.15. The molecule has 1 fully saturated rings. The van der Waals surface area contributed by atoms with Crippen LogP contribution in [0.25, 0.3) is 11.0 Å². The Labute approximate surface area is 204 Å². The number of likely N-dealkylation sites (tertiary alicyclic amines) is 1. The van der Waals surface area contributed by atoms with Crippen LogP contribution in [0.15, 0.2) is 33.9 Å². The van der Waals surface area contributed by atoms with E-state index in [1.54, 1.807) is 33.4 Å². The average Bonchev–Trinajstić information content (AvgIpc) is 3.23. The van der Waals surface area contributed by atoms with E-state index in [0.29, 0.717) is 30.5 Å². The van der Waals surface area contributed by atoms with Crippen molar-refractivity contribution in [1.29, 1.82) is 0 Å². The van der Waals surface area contributed by atoms with Crippen LogP contribution in [0.4, 0.5) is 5.82 Å². The molecule has 0 spiro atoms. The Morgan fingerprint density at radius 1 is 1.09 bits per heavy atom. The van der Waals surface area contributed by atoms with Crippen molar-refractivity contribution in [2.75, 3.05) is 31.6 Å². The third kappa shape index (κ3) is 4.09. The number of nitrogens with one attached hydrogen (secondary N) is 2. The molecule has 182 valence electrons. The number of piperidine rings is 1. The topological polar surface area (TPSA) is 123 Å². The maximum Gasteiger partial charge on any atom is 0.263 e. The molecule has 1 unspecified atom stereocenters. The predicted octanol–water partition coefficient (Wildman–Crippen LogP) is 0.746. The fourth-order valence-corrected chi connectivity index (χ4v) is 5.45. The molecule has 0 saturated carbocycles. The first kappa shape index (κ1) is 22.2. The van der Waals surface area contributed by atoms with Crippen molar-refractivity contribution in [3.63, 3.8) is 0 Å². The smallest absolute Gasteiger partial charge is 0.263 e. The zero-order valence-corrected chi connectivity index (χ0v) is 19.6. The lowest BCUT2D eigenvalue weighted by Crippen LogP contribution is -2.44. The van der Waals surface area contributed by atoms with Gasteiger partial charge < -0.3 is 20.3 Å². The van der Waals surface area contributed by atoms with Crippen molar-refractivity contribution in [1.82, 2.24) is 29.3 Å². The van der Waals surface area contributed by atoms with Crippen LogP contribution in [0.3, 0.4) is 0 Å². The Balaban J connectivity index is 1.07. The molecule has 0 bridgehead atoms. The molecule has 1 amide bonds. The lowest BCUT2D eigenvalue weighted by Gasteiger charge is -2.34. The molecule has 3 aromatic heterocycles. The second kappa shape index (κ2) is 8.74. The zero-order chi connectivity index (χ0) is 24.1. The van der Waals surface area contributed by atoms with Crippen molar-refractivity contribution in [3.8, 4) is 5.75 Å². The van der Waals surface area contributed by atoms with Crippen LogP contribution in [0, 0.1) is 0 Å². The summed E-state index contributed by atoms with van der Waals surface area (Å²) in [5, 5.41) is 7.23. The second-order valence-corrected chi connectivity index (χ2v) is 9.52. The number of hydrogen-bond acceptors (Lipinski definition) is 8. The van der Waals surface area contributed by atoms with Crippen molar-refractivity contribution in [2.24, 2.45) is 0 Å². The number of anilines is 1. The summed E-state index contributed by atoms with van der Waals surface area (Å²) < 4.78 is 8.79. The molecular weight excluding hydrogens is 474 g/mol. The number of pyridine rings is 2. The van der Waals surface area contributed by atoms with E-state index in [-0.39, 0.29) is 40.9 Å². The standard InChI is InChI=1S/C23H24ClN7O4/c24-21-20-22(28-17(32)12-35-20)27-16(26-21)9-25-14-5-7-29(8-6-14)10-15-11-30-18(33)3-1-13-2-4-19(34)31(15)23(13)30/h1-4,14-15,25H,5-12H2,(H,26,27,28,32). The second-order valence-electron chi connectivity index (χ2n) is 9.16. The summed E-state index contributed by atoms with van der Waals surface area (Å²) in [7, 11) is 0. The Morgan fingerprint density at radius 2 is 1.86 bits per heavy atom. The Hall–Kier alpha value is -3.28. The Morgan fingerprint density at radius 3 is 2.66 bits per heavy atom. The minimum absolute atomic E-state index is 0.0609. The van der Waals surface area contributed by atoms with Crippen LogP contribution in [-0.4, -0.2) is 62.2 Å². The minimum atomic E-state index is -0.271. The highest BCUT2D eigenvalue weighted by Gasteiger charge is 2.29. The summed E-state index contributed by atoms with van der Waals surface area (Å²) in [5.41, 5.74) is 0.580. The molecule has 11 nitrogen and oxygen atoms in total. The van der Waals surface area contributed by atoms with Gasteiger partial charge in [-0.05, 0) is 38.1 Å². The first-order valence-corrected chi connectivity index (χ1v) is 12.0. The molecule has 3 aromatic rings. The van der Waals surface area contributed by atoms with Gasteiger partial charge in [0.1, 0.15) is 11.5 Å². The van der Waals surface area contributed by atoms with Gasteiger partial charge >= 0.3 is 0 Å². The van der Waals surface area contributed by atoms with Crippen molar-refractivity contribution in [3.05, 3.63) is 56.0 Å². The fourth-order valence-electron chi connectivity index (χ4n) is 5.21. The van der Waals surface area contributed by atoms with Crippen molar-refractivity contribution in [2.45, 2.75) is 38.0 Å². The molecular formula is C23H24ClN7O4. The van der Waals surface area contributed by atoms with Gasteiger partial charge in [-0.25, -0.2) is 9.97 Å². The predicted molar refractivity (Wildman–Crippen MR) is 129 cm³/mol. The minimum Gasteiger partial charge on any atom is -0.477 e. The highest BCUT2D eigenvalue weighted by molar-refractivity contribution is 6.31. The summed E-state index contributed by atoms with van der Waals surface area (Å²) in [5.74, 6) is 0.820. The molecule has 6 rings (SSSR count). The van der Waals surface area contributed by atoms with E-state index in [1.165, 1.54) is 0 Å². The largest absolute Gasteiger partial charge is 0.477 e. The average molecular weight is 498 g/mol. The zero-order valence-electron chi connectivity index (χ0n) is 18.9. The summed E-state index contributed by atoms with van der Waals surface area (Å²) in [6.45, 7) is 3.31. The molecule has 12 heteroatoms. The van der Waals surface area contributed by atoms with Crippen LogP contribution >= 0.6 is 11.6 Å². The monoisotopic (exact) mass is 497 g/mol. The van der Waals surface area contributed by atoms with Crippen LogP contribution in [0.2, 0.25) is 5.15 Å². The van der Waals surface area contributed by atoms with Crippen LogP contribution in [0.1, 0.15) is 24.7 Å². The molecule has 1 saturated heterocycles. The molecule has 6 heterocycles. The summed E-state index contributed by atoms with van der Waals surface area (Å²) in [4.78, 5) is 47.6. The van der Waals surface area contributed by atoms with Gasteiger partial charge in [-0.2, -0.15) is 0 Å². The van der Waals surface area contributed by atoms with Crippen LogP contribution in [0.5, 0.6) is 5.75 Å². The van der Waals surface area contributed by atoms with Gasteiger partial charge in [0.15, 0.2) is 23.3 Å². The Bertz CT molecular complexity index is 1440. The molecule has 35 heavy (non-hydrogen) atoms. The number of hydrogen-bond donors (Lipinski definition) is 2. The molecule has 0 aliphatic carbocycles. The normalized spacial score (nSPS) is 20.0. The number of ether oxygens (including phenoxy) is 1. The van der Waals surface area contributed by atoms with Gasteiger partial charge in [0.25, 0.3) is 17.0 Å². The number of amides is 1. The first-order chi connectivity index (χ1) is 17.0. The van der Waals surface area contributed by atoms with E-state index in [4.69, 9.17) is 16.3 Å². The highest BCUT2D eigenvalue weighted by atomic mass is 35.5. The molecule has 1 atom stereocenters. The lowest BCUT2D eigenvalue weighted by atomic mass is 10.0. The van der Waals surface area contributed by atoms with E-state index in [9.17, 15) is 14.4 Å². The van der Waals surface area contributed by atoms with E-state index in [2.05, 4.69) is 25.5 Å². The van der Waals surface area contributed by atoms with Crippen molar-refractivity contribution >= 4 is 34.4 Å². The lowest BCUT2D eigenvalue weighted by molar-refractivity contribution is -0.118. The SMILES string of the molecule is O=C1COc2c(Cl)nc(CNC3CCN(CC4Cn5c(=O)ccc6ccc(=O)n4c65)CC3)nc2N1. The van der Waals surface area contributed by atoms with Gasteiger partial charge in [0.2, 0.25) is 0 Å². The number of halogens is 1. The number of aromatic nitrogens is 4. The number of rotatable bonds is 5. The van der Waals surface area contributed by atoms with E-state index in [1.807, 2.05) is 0 Å². The van der Waals surface area contributed by atoms with Gasteiger partial charge in [0.05, 0.1) is 12.6 Å². The van der Waals surface area contributed by atoms with E-state index in [0.717, 1.165) is 43.5 Å². The van der Waals surface area contributed by atoms with Crippen LogP contribution in [-0.2, 0) is 17.9 Å². The summed E-state index contributed by atoms with van der Waals surface area (Å²) >= 11 is 6.19. The number of carbonyl (C=O) groups is 1. The maximum atomic E-state index is 12.6. The Kier molecular flexibility index (Phi) is 5.54. The number of fused-ring (bicyclic) bond motifs is 1. The molecule has 2 N–H and O–H groups in total. The molecule has 0 aromatic carbocycles. The van der Waals surface area contributed by atoms with Crippen LogP contribution < -0.4 is 26.5 Å². The summed E-state index contributed by atoms with van der Waals surface area (Å²) in [6.07, 6.45) is 1.86. The van der Waals surface area contributed by atoms with Gasteiger partial charge in [-0.15, -0.1) is 0 Å². The fraction of sp³-hybridized carbons (Fsp3) is 0.435. The number of nitrogens with zero attached hydrogens (tertiary/aromatic N) is 5. The maximum absolute atomic E-state index is 12.6. The first-order valence-electron chi connectivity index (χ1n) is 11.7. The van der Waals surface area contributed by atoms with E-state index < -0.39 is 0 Å². The number of carbonyl (C=O) groups excluding carboxylic acids is 1. The quantitative estimate of drug-likeness (QED) is 0.495. The van der Waals surface area contributed by atoms with Gasteiger partial charge in [-0.1, -0.05) is 11.6 Å². The van der Waals surface area contributed by atoms with Gasteiger partial charge in [-0.3, -0.25) is 23.5 Å². The highest BCUT2D eigenvalue weighted by Crippen LogP contribution is 2.32. The molecule has 0 radical (unpaired) electrons.